The Labute approximate surface area is 92.6 Å². The number of hydrogen-bond donors (Lipinski definition) is 1. The molecular weight excluding hydrogens is 204 g/mol. The number of rotatable bonds is 2. The van der Waals surface area contributed by atoms with Crippen molar-refractivity contribution in [2.24, 2.45) is 0 Å². The van der Waals surface area contributed by atoms with E-state index in [1.807, 2.05) is 0 Å². The molecule has 0 bridgehead atoms. The van der Waals surface area contributed by atoms with Crippen molar-refractivity contribution < 1.29 is 5.11 Å². The molecule has 0 fully saturated rings. The molecule has 16 heavy (non-hydrogen) atoms. The molecule has 0 amide bonds. The SMILES string of the molecule is C[C@@H](O)c1ccc(C#N)cc1-n1cncn1. The molecule has 1 aromatic heterocycles. The van der Waals surface area contributed by atoms with Gasteiger partial charge < -0.3 is 5.11 Å². The Balaban J connectivity index is 2.61. The molecule has 0 radical (unpaired) electrons. The third kappa shape index (κ3) is 1.78. The largest absolute Gasteiger partial charge is 0.389 e. The Morgan fingerprint density at radius 3 is 2.88 bits per heavy atom. The summed E-state index contributed by atoms with van der Waals surface area (Å²) in [6.45, 7) is 1.67. The monoisotopic (exact) mass is 214 g/mol. The van der Waals surface area contributed by atoms with Gasteiger partial charge in [0.05, 0.1) is 23.4 Å². The molecule has 0 unspecified atom stereocenters. The highest BCUT2D eigenvalue weighted by Crippen LogP contribution is 2.21. The third-order valence-electron chi connectivity index (χ3n) is 2.28. The van der Waals surface area contributed by atoms with Gasteiger partial charge in [0, 0.05) is 5.56 Å². The fourth-order valence-electron chi connectivity index (χ4n) is 1.50. The van der Waals surface area contributed by atoms with Crippen LogP contribution in [0, 0.1) is 11.3 Å². The summed E-state index contributed by atoms with van der Waals surface area (Å²) in [5.74, 6) is 0. The highest BCUT2D eigenvalue weighted by molar-refractivity contribution is 5.47. The molecule has 5 nitrogen and oxygen atoms in total. The predicted octanol–water partition coefficient (Wildman–Crippen LogP) is 1.19. The van der Waals surface area contributed by atoms with Crippen LogP contribution >= 0.6 is 0 Å². The average molecular weight is 214 g/mol. The molecule has 1 aromatic carbocycles. The van der Waals surface area contributed by atoms with Gasteiger partial charge in [-0.1, -0.05) is 6.07 Å². The molecule has 0 saturated carbocycles. The van der Waals surface area contributed by atoms with Crippen molar-refractivity contribution in [2.75, 3.05) is 0 Å². The van der Waals surface area contributed by atoms with E-state index in [4.69, 9.17) is 5.26 Å². The number of benzene rings is 1. The molecule has 1 atom stereocenters. The summed E-state index contributed by atoms with van der Waals surface area (Å²) in [6.07, 6.45) is 2.32. The smallest absolute Gasteiger partial charge is 0.138 e. The lowest BCUT2D eigenvalue weighted by atomic mass is 10.1. The van der Waals surface area contributed by atoms with E-state index in [0.29, 0.717) is 16.8 Å². The van der Waals surface area contributed by atoms with E-state index in [1.54, 1.807) is 25.1 Å². The minimum absolute atomic E-state index is 0.523. The highest BCUT2D eigenvalue weighted by Gasteiger charge is 2.10. The van der Waals surface area contributed by atoms with Gasteiger partial charge >= 0.3 is 0 Å². The van der Waals surface area contributed by atoms with Gasteiger partial charge in [0.2, 0.25) is 0 Å². The van der Waals surface area contributed by atoms with E-state index >= 15 is 0 Å². The lowest BCUT2D eigenvalue weighted by molar-refractivity contribution is 0.199. The van der Waals surface area contributed by atoms with Crippen molar-refractivity contribution in [1.82, 2.24) is 14.8 Å². The van der Waals surface area contributed by atoms with Crippen molar-refractivity contribution in [3.05, 3.63) is 42.0 Å². The number of hydrogen-bond acceptors (Lipinski definition) is 4. The van der Waals surface area contributed by atoms with Crippen LogP contribution in [0.25, 0.3) is 5.69 Å². The van der Waals surface area contributed by atoms with E-state index in [-0.39, 0.29) is 0 Å². The zero-order chi connectivity index (χ0) is 11.5. The molecule has 0 aliphatic rings. The first kappa shape index (κ1) is 10.3. The lowest BCUT2D eigenvalue weighted by Crippen LogP contribution is -2.03. The number of aromatic nitrogens is 3. The average Bonchev–Trinajstić information content (AvgIpc) is 2.81. The maximum absolute atomic E-state index is 9.62. The van der Waals surface area contributed by atoms with Crippen LogP contribution < -0.4 is 0 Å². The van der Waals surface area contributed by atoms with Gasteiger partial charge in [0.15, 0.2) is 0 Å². The molecule has 1 N–H and O–H groups in total. The highest BCUT2D eigenvalue weighted by atomic mass is 16.3. The Morgan fingerprint density at radius 1 is 1.50 bits per heavy atom. The maximum atomic E-state index is 9.62. The fraction of sp³-hybridized carbons (Fsp3) is 0.182. The van der Waals surface area contributed by atoms with E-state index in [2.05, 4.69) is 16.2 Å². The molecule has 0 aliphatic heterocycles. The lowest BCUT2D eigenvalue weighted by Gasteiger charge is -2.11. The van der Waals surface area contributed by atoms with Crippen LogP contribution in [0.1, 0.15) is 24.2 Å². The van der Waals surface area contributed by atoms with Crippen LogP contribution in [-0.2, 0) is 0 Å². The maximum Gasteiger partial charge on any atom is 0.138 e. The molecular formula is C11H10N4O. The summed E-state index contributed by atoms with van der Waals surface area (Å²) in [4.78, 5) is 3.84. The minimum Gasteiger partial charge on any atom is -0.389 e. The van der Waals surface area contributed by atoms with E-state index in [9.17, 15) is 5.11 Å². The third-order valence-corrected chi connectivity index (χ3v) is 2.28. The standard InChI is InChI=1S/C11H10N4O/c1-8(16)10-3-2-9(5-12)4-11(10)15-7-13-6-14-15/h2-4,6-8,16H,1H3/t8-/m1/s1. The van der Waals surface area contributed by atoms with Gasteiger partial charge in [0.1, 0.15) is 12.7 Å². The Kier molecular flexibility index (Phi) is 2.66. The summed E-state index contributed by atoms with van der Waals surface area (Å²) in [6, 6.07) is 7.12. The van der Waals surface area contributed by atoms with Crippen LogP contribution in [0.2, 0.25) is 0 Å². The first-order chi connectivity index (χ1) is 7.72. The van der Waals surface area contributed by atoms with Gasteiger partial charge in [-0.25, -0.2) is 9.67 Å². The van der Waals surface area contributed by atoms with Crippen molar-refractivity contribution in [3.63, 3.8) is 0 Å². The molecule has 0 saturated heterocycles. The zero-order valence-corrected chi connectivity index (χ0v) is 8.70. The zero-order valence-electron chi connectivity index (χ0n) is 8.70. The van der Waals surface area contributed by atoms with Gasteiger partial charge in [-0.2, -0.15) is 10.4 Å². The summed E-state index contributed by atoms with van der Waals surface area (Å²) >= 11 is 0. The quantitative estimate of drug-likeness (QED) is 0.814. The van der Waals surface area contributed by atoms with Crippen molar-refractivity contribution in [3.8, 4) is 11.8 Å². The molecule has 1 heterocycles. The second-order valence-corrected chi connectivity index (χ2v) is 3.40. The Bertz CT molecular complexity index is 525. The molecule has 80 valence electrons. The van der Waals surface area contributed by atoms with Crippen molar-refractivity contribution >= 4 is 0 Å². The van der Waals surface area contributed by atoms with Gasteiger partial charge in [-0.05, 0) is 19.1 Å². The summed E-state index contributed by atoms with van der Waals surface area (Å²) in [5, 5.41) is 22.4. The normalized spacial score (nSPS) is 12.1. The van der Waals surface area contributed by atoms with Gasteiger partial charge in [-0.15, -0.1) is 0 Å². The van der Waals surface area contributed by atoms with Crippen LogP contribution in [0.4, 0.5) is 0 Å². The first-order valence-corrected chi connectivity index (χ1v) is 4.79. The fourth-order valence-corrected chi connectivity index (χ4v) is 1.50. The van der Waals surface area contributed by atoms with Crippen LogP contribution in [0.5, 0.6) is 0 Å². The number of nitrogens with zero attached hydrogens (tertiary/aromatic N) is 4. The topological polar surface area (TPSA) is 74.7 Å². The van der Waals surface area contributed by atoms with E-state index in [1.165, 1.54) is 17.3 Å². The molecule has 5 heteroatoms. The van der Waals surface area contributed by atoms with E-state index < -0.39 is 6.10 Å². The van der Waals surface area contributed by atoms with E-state index in [0.717, 1.165) is 0 Å². The van der Waals surface area contributed by atoms with Crippen molar-refractivity contribution in [1.29, 1.82) is 5.26 Å². The van der Waals surface area contributed by atoms with Crippen molar-refractivity contribution in [2.45, 2.75) is 13.0 Å². The number of aliphatic hydroxyl groups excluding tert-OH is 1. The number of nitriles is 1. The second-order valence-electron chi connectivity index (χ2n) is 3.40. The minimum atomic E-state index is -0.619. The summed E-state index contributed by atoms with van der Waals surface area (Å²) in [7, 11) is 0. The van der Waals surface area contributed by atoms with Crippen LogP contribution in [0.3, 0.4) is 0 Å². The van der Waals surface area contributed by atoms with Crippen LogP contribution in [0.15, 0.2) is 30.9 Å². The second kappa shape index (κ2) is 4.13. The molecule has 0 spiro atoms. The van der Waals surface area contributed by atoms with Gasteiger partial charge in [0.25, 0.3) is 0 Å². The summed E-state index contributed by atoms with van der Waals surface area (Å²) < 4.78 is 1.53. The molecule has 0 aliphatic carbocycles. The Hall–Kier alpha value is -2.19. The summed E-state index contributed by atoms with van der Waals surface area (Å²) in [5.41, 5.74) is 1.91. The molecule has 2 aromatic rings. The first-order valence-electron chi connectivity index (χ1n) is 4.79. The van der Waals surface area contributed by atoms with Gasteiger partial charge in [-0.3, -0.25) is 0 Å². The Morgan fingerprint density at radius 2 is 2.31 bits per heavy atom. The predicted molar refractivity (Wildman–Crippen MR) is 56.7 cm³/mol. The van der Waals surface area contributed by atoms with Crippen LogP contribution in [-0.4, -0.2) is 19.9 Å². The number of aliphatic hydroxyl groups is 1. The molecule has 2 rings (SSSR count).